The minimum absolute atomic E-state index is 0.0721. The predicted octanol–water partition coefficient (Wildman–Crippen LogP) is 22.3. The van der Waals surface area contributed by atoms with Crippen molar-refractivity contribution in [3.8, 4) is 0 Å². The zero-order chi connectivity index (χ0) is 52.7. The molecule has 4 nitrogen and oxygen atoms in total. The van der Waals surface area contributed by atoms with Crippen LogP contribution in [-0.2, 0) is 4.79 Å². The van der Waals surface area contributed by atoms with Gasteiger partial charge < -0.3 is 15.5 Å². The molecule has 0 aromatic heterocycles. The molecule has 2 atom stereocenters. The fraction of sp³-hybridized carbons (Fsp3) is 0.841. The summed E-state index contributed by atoms with van der Waals surface area (Å²) >= 11 is 0. The van der Waals surface area contributed by atoms with Crippen molar-refractivity contribution < 1.29 is 15.0 Å². The van der Waals surface area contributed by atoms with Crippen molar-refractivity contribution in [3.05, 3.63) is 60.8 Å². The first-order valence-corrected chi connectivity index (χ1v) is 33.0. The van der Waals surface area contributed by atoms with Gasteiger partial charge in [-0.3, -0.25) is 4.79 Å². The molecule has 0 heterocycles. The Morgan fingerprint density at radius 1 is 0.329 bits per heavy atom. The number of aliphatic hydroxyl groups is 2. The largest absolute Gasteiger partial charge is 0.394 e. The number of allylic oxidation sites excluding steroid dienone is 9. The van der Waals surface area contributed by atoms with Crippen LogP contribution in [0.4, 0.5) is 0 Å². The van der Waals surface area contributed by atoms with Crippen molar-refractivity contribution in [1.82, 2.24) is 5.32 Å². The van der Waals surface area contributed by atoms with E-state index in [1.54, 1.807) is 6.08 Å². The van der Waals surface area contributed by atoms with Crippen LogP contribution in [0.15, 0.2) is 60.8 Å². The first kappa shape index (κ1) is 71.1. The number of aliphatic hydroxyl groups excluding tert-OH is 2. The van der Waals surface area contributed by atoms with Crippen LogP contribution in [0.2, 0.25) is 0 Å². The average Bonchev–Trinajstić information content (AvgIpc) is 3.40. The maximum atomic E-state index is 12.5. The van der Waals surface area contributed by atoms with Gasteiger partial charge in [-0.2, -0.15) is 0 Å². The molecular weight excluding hydrogens is 891 g/mol. The van der Waals surface area contributed by atoms with Gasteiger partial charge >= 0.3 is 0 Å². The van der Waals surface area contributed by atoms with Gasteiger partial charge in [0.25, 0.3) is 0 Å². The van der Waals surface area contributed by atoms with Gasteiger partial charge in [0.05, 0.1) is 18.8 Å². The third kappa shape index (κ3) is 60.8. The summed E-state index contributed by atoms with van der Waals surface area (Å²) in [4.78, 5) is 12.5. The van der Waals surface area contributed by atoms with Crippen LogP contribution in [0.25, 0.3) is 0 Å². The molecule has 0 spiro atoms. The van der Waals surface area contributed by atoms with E-state index in [1.165, 1.54) is 289 Å². The van der Waals surface area contributed by atoms with E-state index in [4.69, 9.17) is 0 Å². The summed E-state index contributed by atoms with van der Waals surface area (Å²) in [6, 6.07) is -0.646. The lowest BCUT2D eigenvalue weighted by Gasteiger charge is -2.19. The molecule has 0 rings (SSSR count). The van der Waals surface area contributed by atoms with Crippen molar-refractivity contribution in [2.75, 3.05) is 6.61 Å². The van der Waals surface area contributed by atoms with Gasteiger partial charge in [-0.15, -0.1) is 0 Å². The summed E-state index contributed by atoms with van der Waals surface area (Å²) in [6.45, 7) is 4.31. The SMILES string of the molecule is CCCCCCC/C=C\C/C=C\CCCCCCCCCCCCCCCCCCCCCCCCCCCCCC(=O)NC(CO)C(O)/C=C/CC/C=C/CC/C=C/CCCCCCCCCCCCCC. The topological polar surface area (TPSA) is 69.6 Å². The lowest BCUT2D eigenvalue weighted by Crippen LogP contribution is -2.45. The summed E-state index contributed by atoms with van der Waals surface area (Å²) in [7, 11) is 0. The van der Waals surface area contributed by atoms with Crippen molar-refractivity contribution in [2.45, 2.75) is 366 Å². The van der Waals surface area contributed by atoms with Crippen LogP contribution in [0.3, 0.4) is 0 Å². The normalized spacial score (nSPS) is 13.1. The number of amides is 1. The Kier molecular flexibility index (Phi) is 62.7. The molecule has 3 N–H and O–H groups in total. The highest BCUT2D eigenvalue weighted by molar-refractivity contribution is 5.76. The van der Waals surface area contributed by atoms with Crippen LogP contribution in [-0.4, -0.2) is 34.9 Å². The van der Waals surface area contributed by atoms with E-state index in [2.05, 4.69) is 67.8 Å². The molecule has 0 aromatic carbocycles. The highest BCUT2D eigenvalue weighted by Gasteiger charge is 2.18. The molecule has 0 fully saturated rings. The fourth-order valence-corrected chi connectivity index (χ4v) is 10.2. The second-order valence-electron chi connectivity index (χ2n) is 22.5. The molecule has 1 amide bonds. The Labute approximate surface area is 457 Å². The summed E-state index contributed by atoms with van der Waals surface area (Å²) in [6.07, 6.45) is 91.5. The smallest absolute Gasteiger partial charge is 0.220 e. The maximum absolute atomic E-state index is 12.5. The van der Waals surface area contributed by atoms with E-state index < -0.39 is 12.1 Å². The van der Waals surface area contributed by atoms with Crippen LogP contribution >= 0.6 is 0 Å². The lowest BCUT2D eigenvalue weighted by molar-refractivity contribution is -0.123. The number of nitrogens with one attached hydrogen (secondary N) is 1. The Morgan fingerprint density at radius 3 is 0.877 bits per heavy atom. The van der Waals surface area contributed by atoms with Crippen LogP contribution in [0.5, 0.6) is 0 Å². The minimum atomic E-state index is -0.871. The van der Waals surface area contributed by atoms with Gasteiger partial charge in [0.1, 0.15) is 0 Å². The highest BCUT2D eigenvalue weighted by Crippen LogP contribution is 2.18. The third-order valence-corrected chi connectivity index (χ3v) is 15.2. The number of carbonyl (C=O) groups is 1. The van der Waals surface area contributed by atoms with Gasteiger partial charge in [-0.25, -0.2) is 0 Å². The number of hydrogen-bond acceptors (Lipinski definition) is 3. The van der Waals surface area contributed by atoms with E-state index in [1.807, 2.05) is 6.08 Å². The number of hydrogen-bond donors (Lipinski definition) is 3. The lowest BCUT2D eigenvalue weighted by atomic mass is 10.0. The van der Waals surface area contributed by atoms with Gasteiger partial charge in [-0.05, 0) is 77.0 Å². The molecule has 0 aliphatic carbocycles. The zero-order valence-corrected chi connectivity index (χ0v) is 49.4. The second kappa shape index (κ2) is 64.4. The molecule has 0 aliphatic heterocycles. The van der Waals surface area contributed by atoms with Gasteiger partial charge in [0.15, 0.2) is 0 Å². The zero-order valence-electron chi connectivity index (χ0n) is 49.4. The third-order valence-electron chi connectivity index (χ3n) is 15.2. The van der Waals surface area contributed by atoms with Crippen LogP contribution in [0.1, 0.15) is 354 Å². The Bertz CT molecular complexity index is 1200. The van der Waals surface area contributed by atoms with E-state index in [0.717, 1.165) is 44.9 Å². The fourth-order valence-electron chi connectivity index (χ4n) is 10.2. The predicted molar refractivity (Wildman–Crippen MR) is 327 cm³/mol. The molecule has 4 heteroatoms. The summed E-state index contributed by atoms with van der Waals surface area (Å²) in [5.74, 6) is -0.0721. The number of carbonyl (C=O) groups excluding carboxylic acids is 1. The molecule has 428 valence electrons. The Morgan fingerprint density at radius 2 is 0.575 bits per heavy atom. The molecule has 0 aliphatic rings. The molecule has 0 aromatic rings. The van der Waals surface area contributed by atoms with Crippen molar-refractivity contribution in [3.63, 3.8) is 0 Å². The Hall–Kier alpha value is -1.91. The van der Waals surface area contributed by atoms with Crippen LogP contribution < -0.4 is 5.32 Å². The quantitative estimate of drug-likeness (QED) is 0.0420. The van der Waals surface area contributed by atoms with Gasteiger partial charge in [0, 0.05) is 6.42 Å². The second-order valence-corrected chi connectivity index (χ2v) is 22.5. The minimum Gasteiger partial charge on any atom is -0.394 e. The monoisotopic (exact) mass is 1020 g/mol. The Balaban J connectivity index is 3.44. The highest BCUT2D eigenvalue weighted by atomic mass is 16.3. The van der Waals surface area contributed by atoms with Crippen molar-refractivity contribution in [2.24, 2.45) is 0 Å². The molecule has 0 bridgehead atoms. The number of rotatable bonds is 61. The number of unbranched alkanes of at least 4 members (excludes halogenated alkanes) is 46. The van der Waals surface area contributed by atoms with Gasteiger partial charge in [0.2, 0.25) is 5.91 Å². The molecule has 0 saturated carbocycles. The van der Waals surface area contributed by atoms with Gasteiger partial charge in [-0.1, -0.05) is 331 Å². The van der Waals surface area contributed by atoms with E-state index in [0.29, 0.717) is 6.42 Å². The summed E-state index contributed by atoms with van der Waals surface area (Å²) < 4.78 is 0. The van der Waals surface area contributed by atoms with Crippen LogP contribution in [0, 0.1) is 0 Å². The standard InChI is InChI=1S/C69H129NO3/c1-3-5-7-9-11-13-15-17-19-21-23-25-27-28-29-30-31-32-33-34-35-36-37-38-39-40-41-42-43-45-47-49-51-53-55-57-59-61-63-65-69(73)70-67(66-71)68(72)64-62-60-58-56-54-52-50-48-46-44-26-24-22-20-18-16-14-12-10-8-6-4-2/h15,17,21,23,46,48,54,56,62,64,67-68,71-72H,3-14,16,18-20,22,24-45,47,49-53,55,57-61,63,65-66H2,1-2H3,(H,70,73)/b17-15-,23-21-,48-46+,56-54+,64-62+. The molecule has 2 unspecified atom stereocenters. The molecule has 0 radical (unpaired) electrons. The average molecular weight is 1020 g/mol. The maximum Gasteiger partial charge on any atom is 0.220 e. The molecule has 0 saturated heterocycles. The summed E-state index contributed by atoms with van der Waals surface area (Å²) in [5, 5.41) is 23.2. The summed E-state index contributed by atoms with van der Waals surface area (Å²) in [5.41, 5.74) is 0. The first-order chi connectivity index (χ1) is 36.2. The van der Waals surface area contributed by atoms with Crippen molar-refractivity contribution in [1.29, 1.82) is 0 Å². The van der Waals surface area contributed by atoms with E-state index in [9.17, 15) is 15.0 Å². The first-order valence-electron chi connectivity index (χ1n) is 33.0. The molecular formula is C69H129NO3. The van der Waals surface area contributed by atoms with Crippen molar-refractivity contribution >= 4 is 5.91 Å². The van der Waals surface area contributed by atoms with E-state index >= 15 is 0 Å². The van der Waals surface area contributed by atoms with E-state index in [-0.39, 0.29) is 12.5 Å². The molecule has 73 heavy (non-hydrogen) atoms.